The van der Waals surface area contributed by atoms with Gasteiger partial charge in [-0.15, -0.1) is 0 Å². The molecule has 0 fully saturated rings. The number of aliphatic imine (C=N–C) groups is 1. The molecule has 1 aromatic heterocycles. The SMILES string of the molecule is O=C(O)C[C@@H]1N=C(Cc2ccc(Cl)cc2)c2ccccc2-c2cnoc21. The molecule has 0 unspecified atom stereocenters. The van der Waals surface area contributed by atoms with Crippen LogP contribution in [0.25, 0.3) is 11.1 Å². The summed E-state index contributed by atoms with van der Waals surface area (Å²) in [4.78, 5) is 16.1. The van der Waals surface area contributed by atoms with Crippen molar-refractivity contribution in [1.29, 1.82) is 0 Å². The Morgan fingerprint density at radius 3 is 2.54 bits per heavy atom. The number of carbonyl (C=O) groups is 1. The van der Waals surface area contributed by atoms with E-state index in [2.05, 4.69) is 5.16 Å². The van der Waals surface area contributed by atoms with Gasteiger partial charge in [0.15, 0.2) is 5.76 Å². The van der Waals surface area contributed by atoms with Gasteiger partial charge in [0.25, 0.3) is 0 Å². The first-order valence-corrected chi connectivity index (χ1v) is 8.57. The van der Waals surface area contributed by atoms with Crippen LogP contribution in [0.15, 0.2) is 64.2 Å². The first kappa shape index (κ1) is 16.5. The van der Waals surface area contributed by atoms with Gasteiger partial charge >= 0.3 is 5.97 Å². The standard InChI is InChI=1S/C20H15ClN2O3/c21-13-7-5-12(6-8-13)9-17-15-4-2-1-3-14(15)16-11-22-26-20(16)18(23-17)10-19(24)25/h1-8,11,18H,9-10H2,(H,24,25)/t18-/m0/s1. The van der Waals surface area contributed by atoms with Gasteiger partial charge in [-0.1, -0.05) is 53.2 Å². The van der Waals surface area contributed by atoms with Crippen molar-refractivity contribution in [1.82, 2.24) is 5.16 Å². The molecule has 130 valence electrons. The number of hydrogen-bond donors (Lipinski definition) is 1. The van der Waals surface area contributed by atoms with Crippen molar-refractivity contribution in [2.45, 2.75) is 18.9 Å². The van der Waals surface area contributed by atoms with Gasteiger partial charge in [0.2, 0.25) is 0 Å². The van der Waals surface area contributed by atoms with Gasteiger partial charge in [-0.05, 0) is 23.3 Å². The number of carboxylic acid groups (broad SMARTS) is 1. The number of rotatable bonds is 4. The average Bonchev–Trinajstić information content (AvgIpc) is 3.07. The molecule has 0 saturated heterocycles. The van der Waals surface area contributed by atoms with E-state index in [0.717, 1.165) is 28.0 Å². The van der Waals surface area contributed by atoms with Gasteiger partial charge in [-0.2, -0.15) is 0 Å². The summed E-state index contributed by atoms with van der Waals surface area (Å²) in [5.74, 6) is -0.441. The van der Waals surface area contributed by atoms with E-state index in [4.69, 9.17) is 21.1 Å². The molecule has 2 heterocycles. The zero-order chi connectivity index (χ0) is 18.1. The van der Waals surface area contributed by atoms with E-state index in [1.807, 2.05) is 48.5 Å². The number of carboxylic acids is 1. The largest absolute Gasteiger partial charge is 0.481 e. The van der Waals surface area contributed by atoms with Gasteiger partial charge in [-0.3, -0.25) is 9.79 Å². The number of benzene rings is 2. The van der Waals surface area contributed by atoms with Crippen LogP contribution < -0.4 is 0 Å². The number of hydrogen-bond acceptors (Lipinski definition) is 4. The van der Waals surface area contributed by atoms with Crippen LogP contribution in [0.3, 0.4) is 0 Å². The highest BCUT2D eigenvalue weighted by Crippen LogP contribution is 2.38. The molecule has 3 aromatic rings. The summed E-state index contributed by atoms with van der Waals surface area (Å²) in [7, 11) is 0. The van der Waals surface area contributed by atoms with Crippen LogP contribution in [0.2, 0.25) is 5.02 Å². The Hall–Kier alpha value is -2.92. The van der Waals surface area contributed by atoms with Gasteiger partial charge < -0.3 is 9.63 Å². The van der Waals surface area contributed by atoms with E-state index >= 15 is 0 Å². The van der Waals surface area contributed by atoms with E-state index in [1.165, 1.54) is 0 Å². The lowest BCUT2D eigenvalue weighted by Crippen LogP contribution is -2.09. The van der Waals surface area contributed by atoms with Crippen molar-refractivity contribution >= 4 is 23.3 Å². The average molecular weight is 367 g/mol. The lowest BCUT2D eigenvalue weighted by molar-refractivity contribution is -0.137. The highest BCUT2D eigenvalue weighted by atomic mass is 35.5. The first-order chi connectivity index (χ1) is 12.6. The summed E-state index contributed by atoms with van der Waals surface area (Å²) in [6.07, 6.45) is 2.05. The molecule has 26 heavy (non-hydrogen) atoms. The highest BCUT2D eigenvalue weighted by Gasteiger charge is 2.29. The van der Waals surface area contributed by atoms with Crippen LogP contribution in [-0.2, 0) is 11.2 Å². The van der Waals surface area contributed by atoms with Crippen LogP contribution in [0.5, 0.6) is 0 Å². The molecule has 1 N–H and O–H groups in total. The lowest BCUT2D eigenvalue weighted by atomic mass is 9.94. The Morgan fingerprint density at radius 1 is 1.08 bits per heavy atom. The Bertz CT molecular complexity index is 992. The van der Waals surface area contributed by atoms with Crippen LogP contribution in [0, 0.1) is 0 Å². The van der Waals surface area contributed by atoms with Crippen LogP contribution >= 0.6 is 11.6 Å². The molecular weight excluding hydrogens is 352 g/mol. The van der Waals surface area contributed by atoms with Crippen molar-refractivity contribution in [3.8, 4) is 11.1 Å². The van der Waals surface area contributed by atoms with Crippen LogP contribution in [0.1, 0.15) is 29.3 Å². The molecule has 5 nitrogen and oxygen atoms in total. The fourth-order valence-corrected chi connectivity index (χ4v) is 3.34. The molecule has 2 aromatic carbocycles. The summed E-state index contributed by atoms with van der Waals surface area (Å²) in [5, 5.41) is 13.8. The molecule has 0 spiro atoms. The Kier molecular flexibility index (Phi) is 4.31. The third-order valence-electron chi connectivity index (χ3n) is 4.39. The Morgan fingerprint density at radius 2 is 1.81 bits per heavy atom. The normalized spacial score (nSPS) is 15.6. The van der Waals surface area contributed by atoms with Gasteiger partial charge in [0.1, 0.15) is 6.04 Å². The Balaban J connectivity index is 1.84. The molecule has 0 bridgehead atoms. The lowest BCUT2D eigenvalue weighted by Gasteiger charge is -2.11. The molecule has 0 radical (unpaired) electrons. The van der Waals surface area contributed by atoms with Crippen LogP contribution in [-0.4, -0.2) is 21.9 Å². The summed E-state index contributed by atoms with van der Waals surface area (Å²) in [6.45, 7) is 0. The van der Waals surface area contributed by atoms with E-state index in [0.29, 0.717) is 17.2 Å². The minimum absolute atomic E-state index is 0.152. The number of fused-ring (bicyclic) bond motifs is 3. The van der Waals surface area contributed by atoms with Gasteiger partial charge in [-0.25, -0.2) is 0 Å². The number of nitrogens with zero attached hydrogens (tertiary/aromatic N) is 2. The fraction of sp³-hybridized carbons (Fsp3) is 0.150. The molecule has 0 amide bonds. The van der Waals surface area contributed by atoms with E-state index < -0.39 is 12.0 Å². The fourth-order valence-electron chi connectivity index (χ4n) is 3.22. The monoisotopic (exact) mass is 366 g/mol. The van der Waals surface area contributed by atoms with E-state index in [9.17, 15) is 9.90 Å². The van der Waals surface area contributed by atoms with E-state index in [-0.39, 0.29) is 6.42 Å². The second-order valence-corrected chi connectivity index (χ2v) is 6.58. The molecule has 6 heteroatoms. The maximum Gasteiger partial charge on any atom is 0.306 e. The summed E-state index contributed by atoms with van der Waals surface area (Å²) in [5.41, 5.74) is 4.57. The molecule has 0 aliphatic carbocycles. The topological polar surface area (TPSA) is 75.7 Å². The van der Waals surface area contributed by atoms with Crippen molar-refractivity contribution < 1.29 is 14.4 Å². The molecule has 1 aliphatic rings. The summed E-state index contributed by atoms with van der Waals surface area (Å²) < 4.78 is 5.38. The number of aromatic nitrogens is 1. The van der Waals surface area contributed by atoms with Crippen molar-refractivity contribution in [3.05, 3.63) is 76.6 Å². The van der Waals surface area contributed by atoms with Crippen molar-refractivity contribution in [3.63, 3.8) is 0 Å². The summed E-state index contributed by atoms with van der Waals surface area (Å²) >= 11 is 5.97. The minimum atomic E-state index is -0.933. The highest BCUT2D eigenvalue weighted by molar-refractivity contribution is 6.30. The van der Waals surface area contributed by atoms with Crippen molar-refractivity contribution in [2.75, 3.05) is 0 Å². The van der Waals surface area contributed by atoms with Crippen molar-refractivity contribution in [2.24, 2.45) is 4.99 Å². The zero-order valence-electron chi connectivity index (χ0n) is 13.7. The molecule has 0 saturated carbocycles. The zero-order valence-corrected chi connectivity index (χ0v) is 14.5. The number of halogens is 1. The maximum atomic E-state index is 11.3. The van der Waals surface area contributed by atoms with Gasteiger partial charge in [0.05, 0.1) is 12.6 Å². The maximum absolute atomic E-state index is 11.3. The van der Waals surface area contributed by atoms with Gasteiger partial charge in [0, 0.05) is 28.3 Å². The number of aliphatic carboxylic acids is 1. The molecule has 1 atom stereocenters. The second kappa shape index (κ2) is 6.77. The predicted octanol–water partition coefficient (Wildman–Crippen LogP) is 4.56. The summed E-state index contributed by atoms with van der Waals surface area (Å²) in [6, 6.07) is 14.8. The smallest absolute Gasteiger partial charge is 0.306 e. The quantitative estimate of drug-likeness (QED) is 0.734. The third-order valence-corrected chi connectivity index (χ3v) is 4.65. The first-order valence-electron chi connectivity index (χ1n) is 8.19. The Labute approximate surface area is 154 Å². The minimum Gasteiger partial charge on any atom is -0.481 e. The second-order valence-electron chi connectivity index (χ2n) is 6.14. The van der Waals surface area contributed by atoms with Crippen LogP contribution in [0.4, 0.5) is 0 Å². The molecule has 1 aliphatic heterocycles. The predicted molar refractivity (Wildman–Crippen MR) is 98.6 cm³/mol. The molecular formula is C20H15ClN2O3. The third kappa shape index (κ3) is 3.13. The molecule has 4 rings (SSSR count). The van der Waals surface area contributed by atoms with E-state index in [1.54, 1.807) is 6.20 Å².